The smallest absolute Gasteiger partial charge is 0.305 e. The molecule has 0 spiro atoms. The number of rotatable bonds is 7. The van der Waals surface area contributed by atoms with E-state index in [1.54, 1.807) is 49.6 Å². The summed E-state index contributed by atoms with van der Waals surface area (Å²) in [5.41, 5.74) is 2.93. The number of imide groups is 1. The lowest BCUT2D eigenvalue weighted by Crippen LogP contribution is -2.32. The van der Waals surface area contributed by atoms with Crippen LogP contribution in [0.25, 0.3) is 0 Å². The molecule has 4 aromatic rings. The monoisotopic (exact) mass is 587 g/mol. The molecule has 3 aromatic carbocycles. The molecule has 3 amide bonds. The number of thiazole rings is 1. The van der Waals surface area contributed by atoms with Gasteiger partial charge in [0.25, 0.3) is 5.91 Å². The van der Waals surface area contributed by atoms with E-state index in [0.717, 1.165) is 16.9 Å². The molecule has 2 aliphatic heterocycles. The van der Waals surface area contributed by atoms with E-state index < -0.39 is 17.1 Å². The molecule has 3 heterocycles. The van der Waals surface area contributed by atoms with Gasteiger partial charge in [-0.2, -0.15) is 0 Å². The largest absolute Gasteiger partial charge is 0.497 e. The normalized spacial score (nSPS) is 19.5. The zero-order valence-corrected chi connectivity index (χ0v) is 23.7. The number of anilines is 2. The number of nitrogens with one attached hydrogen (secondary N) is 2. The lowest BCUT2D eigenvalue weighted by Gasteiger charge is -2.30. The number of hydrogen-bond acceptors (Lipinski definition) is 8. The number of aryl methyl sites for hydroxylation is 1. The topological polar surface area (TPSA) is 118 Å². The van der Waals surface area contributed by atoms with E-state index in [2.05, 4.69) is 10.3 Å². The van der Waals surface area contributed by atoms with Gasteiger partial charge >= 0.3 is 4.87 Å². The van der Waals surface area contributed by atoms with Crippen LogP contribution < -0.4 is 24.6 Å². The molecule has 1 fully saturated rings. The van der Waals surface area contributed by atoms with Gasteiger partial charge in [0.15, 0.2) is 6.61 Å². The Morgan fingerprint density at radius 2 is 1.73 bits per heavy atom. The molecule has 3 atom stereocenters. The van der Waals surface area contributed by atoms with E-state index in [4.69, 9.17) is 9.47 Å². The SMILES string of the molecule is COc1ccc(N2C(=O)[C@H]3[C@H](c4cccc(OCC(=O)Nc5ccc(C)cc5)c4)c4sc(=O)[nH]c4S[C@H]3C2=O)cc1. The highest BCUT2D eigenvalue weighted by Gasteiger charge is 2.56. The van der Waals surface area contributed by atoms with Gasteiger partial charge < -0.3 is 19.8 Å². The molecule has 2 N–H and O–H groups in total. The number of carbonyl (C=O) groups excluding carboxylic acids is 3. The van der Waals surface area contributed by atoms with Gasteiger partial charge in [-0.05, 0) is 61.0 Å². The second kappa shape index (κ2) is 10.9. The minimum absolute atomic E-state index is 0.213. The van der Waals surface area contributed by atoms with Gasteiger partial charge in [-0.3, -0.25) is 19.2 Å². The first-order chi connectivity index (χ1) is 19.8. The van der Waals surface area contributed by atoms with E-state index in [0.29, 0.717) is 38.3 Å². The number of benzene rings is 3. The van der Waals surface area contributed by atoms with Crippen molar-refractivity contribution in [2.24, 2.45) is 5.92 Å². The number of aromatic amines is 1. The Morgan fingerprint density at radius 3 is 2.46 bits per heavy atom. The summed E-state index contributed by atoms with van der Waals surface area (Å²) < 4.78 is 11.0. The summed E-state index contributed by atoms with van der Waals surface area (Å²) in [6.45, 7) is 1.75. The average molecular weight is 588 g/mol. The Morgan fingerprint density at radius 1 is 0.976 bits per heavy atom. The summed E-state index contributed by atoms with van der Waals surface area (Å²) in [5.74, 6) is -1.22. The lowest BCUT2D eigenvalue weighted by molar-refractivity contribution is -0.122. The molecule has 0 unspecified atom stereocenters. The fourth-order valence-corrected chi connectivity index (χ4v) is 7.66. The molecular formula is C30H25N3O6S2. The molecule has 0 bridgehead atoms. The molecule has 1 saturated heterocycles. The van der Waals surface area contributed by atoms with E-state index in [-0.39, 0.29) is 29.2 Å². The first-order valence-electron chi connectivity index (χ1n) is 12.8. The van der Waals surface area contributed by atoms with Crippen molar-refractivity contribution in [1.82, 2.24) is 4.98 Å². The standard InChI is InChI=1S/C30H25N3O6S2/c1-16-6-8-18(9-7-16)31-22(34)15-39-21-5-3-4-17(14-21)23-24-26(40-27-25(23)41-30(37)32-27)29(36)33(28(24)35)19-10-12-20(38-2)13-11-19/h3-14,23-24,26H,15H2,1-2H3,(H,31,34)(H,32,37)/t23-,24-,26+/m0/s1. The number of hydrogen-bond donors (Lipinski definition) is 2. The molecule has 41 heavy (non-hydrogen) atoms. The van der Waals surface area contributed by atoms with Crippen LogP contribution in [0.1, 0.15) is 21.9 Å². The van der Waals surface area contributed by atoms with E-state index in [1.807, 2.05) is 37.3 Å². The number of thioether (sulfide) groups is 1. The summed E-state index contributed by atoms with van der Waals surface area (Å²) in [6.07, 6.45) is 0. The second-order valence-corrected chi connectivity index (χ2v) is 11.9. The van der Waals surface area contributed by atoms with Gasteiger partial charge in [-0.25, -0.2) is 4.90 Å². The molecule has 208 valence electrons. The zero-order chi connectivity index (χ0) is 28.7. The molecule has 9 nitrogen and oxygen atoms in total. The minimum Gasteiger partial charge on any atom is -0.497 e. The maximum Gasteiger partial charge on any atom is 0.305 e. The number of ether oxygens (including phenoxy) is 2. The van der Waals surface area contributed by atoms with Gasteiger partial charge in [0.1, 0.15) is 16.7 Å². The van der Waals surface area contributed by atoms with Crippen molar-refractivity contribution in [3.63, 3.8) is 0 Å². The summed E-state index contributed by atoms with van der Waals surface area (Å²) in [7, 11) is 1.55. The Hall–Kier alpha value is -4.35. The van der Waals surface area contributed by atoms with E-state index in [1.165, 1.54) is 16.7 Å². The van der Waals surface area contributed by atoms with Gasteiger partial charge in [0, 0.05) is 16.5 Å². The molecule has 0 saturated carbocycles. The van der Waals surface area contributed by atoms with Crippen LogP contribution >= 0.6 is 23.1 Å². The van der Waals surface area contributed by atoms with Gasteiger partial charge in [0.2, 0.25) is 11.8 Å². The highest BCUT2D eigenvalue weighted by atomic mass is 32.2. The Balaban J connectivity index is 1.28. The third-order valence-electron chi connectivity index (χ3n) is 7.08. The van der Waals surface area contributed by atoms with Crippen LogP contribution in [0.2, 0.25) is 0 Å². The molecule has 11 heteroatoms. The fraction of sp³-hybridized carbons (Fsp3) is 0.200. The number of amides is 3. The number of nitrogens with zero attached hydrogens (tertiary/aromatic N) is 1. The maximum atomic E-state index is 13.9. The van der Waals surface area contributed by atoms with Crippen molar-refractivity contribution < 1.29 is 23.9 Å². The first-order valence-corrected chi connectivity index (χ1v) is 14.5. The predicted octanol–water partition coefficient (Wildman–Crippen LogP) is 4.57. The molecule has 0 aliphatic carbocycles. The van der Waals surface area contributed by atoms with Crippen LogP contribution in [-0.4, -0.2) is 41.7 Å². The quantitative estimate of drug-likeness (QED) is 0.304. The minimum atomic E-state index is -0.728. The molecule has 0 radical (unpaired) electrons. The van der Waals surface area contributed by atoms with E-state index >= 15 is 0 Å². The Bertz CT molecular complexity index is 1700. The molecule has 2 aliphatic rings. The molecule has 6 rings (SSSR count). The average Bonchev–Trinajstić information content (AvgIpc) is 3.47. The van der Waals surface area contributed by atoms with Gasteiger partial charge in [-0.1, -0.05) is 52.9 Å². The second-order valence-electron chi connectivity index (χ2n) is 9.74. The van der Waals surface area contributed by atoms with Crippen molar-refractivity contribution in [2.75, 3.05) is 23.9 Å². The highest BCUT2D eigenvalue weighted by Crippen LogP contribution is 2.53. The molecule has 1 aromatic heterocycles. The zero-order valence-electron chi connectivity index (χ0n) is 22.1. The fourth-order valence-electron chi connectivity index (χ4n) is 5.14. The maximum absolute atomic E-state index is 13.9. The first kappa shape index (κ1) is 26.9. The summed E-state index contributed by atoms with van der Waals surface area (Å²) in [6, 6.07) is 21.3. The third-order valence-corrected chi connectivity index (χ3v) is 9.48. The van der Waals surface area contributed by atoms with Crippen molar-refractivity contribution in [3.05, 3.63) is 98.5 Å². The van der Waals surface area contributed by atoms with Crippen molar-refractivity contribution in [3.8, 4) is 11.5 Å². The summed E-state index contributed by atoms with van der Waals surface area (Å²) in [5, 5.41) is 2.68. The van der Waals surface area contributed by atoms with Crippen LogP contribution in [0.4, 0.5) is 11.4 Å². The van der Waals surface area contributed by atoms with Crippen LogP contribution in [0, 0.1) is 12.8 Å². The Labute approximate surface area is 243 Å². The van der Waals surface area contributed by atoms with Crippen molar-refractivity contribution in [1.29, 1.82) is 0 Å². The Kier molecular flexibility index (Phi) is 7.14. The van der Waals surface area contributed by atoms with Crippen LogP contribution in [0.15, 0.2) is 82.6 Å². The predicted molar refractivity (Wildman–Crippen MR) is 157 cm³/mol. The number of methoxy groups -OCH3 is 1. The molecular weight excluding hydrogens is 562 g/mol. The van der Waals surface area contributed by atoms with Crippen LogP contribution in [0.3, 0.4) is 0 Å². The number of fused-ring (bicyclic) bond motifs is 2. The highest BCUT2D eigenvalue weighted by molar-refractivity contribution is 8.00. The van der Waals surface area contributed by atoms with Gasteiger partial charge in [-0.15, -0.1) is 0 Å². The van der Waals surface area contributed by atoms with Crippen molar-refractivity contribution in [2.45, 2.75) is 23.1 Å². The number of aromatic nitrogens is 1. The van der Waals surface area contributed by atoms with Crippen molar-refractivity contribution >= 4 is 52.2 Å². The van der Waals surface area contributed by atoms with E-state index in [9.17, 15) is 19.2 Å². The number of H-pyrrole nitrogens is 1. The van der Waals surface area contributed by atoms with Gasteiger partial charge in [0.05, 0.1) is 23.7 Å². The third kappa shape index (κ3) is 5.14. The summed E-state index contributed by atoms with van der Waals surface area (Å²) in [4.78, 5) is 56.9. The van der Waals surface area contributed by atoms with Crippen LogP contribution in [0.5, 0.6) is 11.5 Å². The number of carbonyl (C=O) groups is 3. The summed E-state index contributed by atoms with van der Waals surface area (Å²) >= 11 is 2.26. The lowest BCUT2D eigenvalue weighted by atomic mass is 9.83. The van der Waals surface area contributed by atoms with Crippen LogP contribution in [-0.2, 0) is 14.4 Å².